The van der Waals surface area contributed by atoms with Crippen LogP contribution in [0.5, 0.6) is 5.75 Å². The lowest BCUT2D eigenvalue weighted by molar-refractivity contribution is -0.124. The molecule has 0 saturated heterocycles. The number of carbonyl (C=O) groups excluding carboxylic acids is 1. The van der Waals surface area contributed by atoms with Gasteiger partial charge in [-0.1, -0.05) is 12.1 Å². The molecule has 0 amide bonds. The third-order valence-corrected chi connectivity index (χ3v) is 3.50. The zero-order valence-electron chi connectivity index (χ0n) is 8.81. The van der Waals surface area contributed by atoms with Gasteiger partial charge in [-0.25, -0.2) is 0 Å². The molecule has 0 spiro atoms. The summed E-state index contributed by atoms with van der Waals surface area (Å²) in [6.45, 7) is 0. The average molecular weight is 232 g/mol. The molecule has 0 fully saturated rings. The zero-order chi connectivity index (χ0) is 11.4. The van der Waals surface area contributed by atoms with Crippen LogP contribution in [-0.2, 0) is 4.79 Å². The van der Waals surface area contributed by atoms with Crippen molar-refractivity contribution in [1.29, 1.82) is 0 Å². The number of rotatable bonds is 3. The van der Waals surface area contributed by atoms with Crippen LogP contribution in [0.25, 0.3) is 0 Å². The fraction of sp³-hybridized carbons (Fsp3) is 0.308. The molecule has 0 bridgehead atoms. The molecule has 0 N–H and O–H groups in total. The molecule has 1 aliphatic heterocycles. The standard InChI is InChI=1S/C13H12O2S/c1-2-3-6-10(14)12-9-16-13-8-5-4-7-11(13)15-12/h1,4-5,7-8,12H,3,6,9H2. The van der Waals surface area contributed by atoms with Gasteiger partial charge in [0.1, 0.15) is 5.75 Å². The highest BCUT2D eigenvalue weighted by Crippen LogP contribution is 2.35. The Bertz CT molecular complexity index is 434. The number of terminal acetylenes is 1. The van der Waals surface area contributed by atoms with Crippen LogP contribution in [0.3, 0.4) is 0 Å². The van der Waals surface area contributed by atoms with Crippen LogP contribution in [0.2, 0.25) is 0 Å². The van der Waals surface area contributed by atoms with E-state index >= 15 is 0 Å². The Hall–Kier alpha value is -1.40. The topological polar surface area (TPSA) is 26.3 Å². The zero-order valence-corrected chi connectivity index (χ0v) is 9.63. The molecule has 1 aromatic rings. The second-order valence-corrected chi connectivity index (χ2v) is 4.60. The van der Waals surface area contributed by atoms with Crippen molar-refractivity contribution in [2.24, 2.45) is 0 Å². The quantitative estimate of drug-likeness (QED) is 0.749. The van der Waals surface area contributed by atoms with Gasteiger partial charge in [0.25, 0.3) is 0 Å². The van der Waals surface area contributed by atoms with Gasteiger partial charge in [-0.05, 0) is 12.1 Å². The molecule has 2 rings (SSSR count). The molecule has 3 heteroatoms. The minimum atomic E-state index is -0.340. The van der Waals surface area contributed by atoms with Gasteiger partial charge in [0.05, 0.1) is 0 Å². The number of Topliss-reactive ketones (excluding diaryl/α,β-unsaturated/α-hetero) is 1. The summed E-state index contributed by atoms with van der Waals surface area (Å²) in [5.41, 5.74) is 0. The van der Waals surface area contributed by atoms with Crippen molar-refractivity contribution in [2.75, 3.05) is 5.75 Å². The highest BCUT2D eigenvalue weighted by molar-refractivity contribution is 7.99. The Kier molecular flexibility index (Phi) is 3.53. The van der Waals surface area contributed by atoms with Crippen LogP contribution >= 0.6 is 11.8 Å². The van der Waals surface area contributed by atoms with E-state index in [0.29, 0.717) is 18.6 Å². The maximum Gasteiger partial charge on any atom is 0.175 e. The van der Waals surface area contributed by atoms with E-state index < -0.39 is 0 Å². The minimum Gasteiger partial charge on any atom is -0.481 e. The van der Waals surface area contributed by atoms with E-state index in [2.05, 4.69) is 5.92 Å². The van der Waals surface area contributed by atoms with Crippen molar-refractivity contribution in [3.8, 4) is 18.1 Å². The predicted molar refractivity (Wildman–Crippen MR) is 64.7 cm³/mol. The van der Waals surface area contributed by atoms with Crippen molar-refractivity contribution < 1.29 is 9.53 Å². The van der Waals surface area contributed by atoms with Gasteiger partial charge in [0.15, 0.2) is 11.9 Å². The summed E-state index contributed by atoms with van der Waals surface area (Å²) in [7, 11) is 0. The van der Waals surface area contributed by atoms with Gasteiger partial charge in [0.2, 0.25) is 0 Å². The lowest BCUT2D eigenvalue weighted by Gasteiger charge is -2.24. The molecular weight excluding hydrogens is 220 g/mol. The molecule has 0 aromatic heterocycles. The van der Waals surface area contributed by atoms with E-state index in [0.717, 1.165) is 10.6 Å². The van der Waals surface area contributed by atoms with E-state index in [1.807, 2.05) is 24.3 Å². The van der Waals surface area contributed by atoms with Crippen molar-refractivity contribution in [3.63, 3.8) is 0 Å². The predicted octanol–water partition coefficient (Wildman–Crippen LogP) is 2.52. The summed E-state index contributed by atoms with van der Waals surface area (Å²) < 4.78 is 5.65. The molecule has 1 aliphatic rings. The van der Waals surface area contributed by atoms with Crippen LogP contribution in [0, 0.1) is 12.3 Å². The summed E-state index contributed by atoms with van der Waals surface area (Å²) in [6.07, 6.45) is 5.69. The number of fused-ring (bicyclic) bond motifs is 1. The Morgan fingerprint density at radius 3 is 3.19 bits per heavy atom. The number of ketones is 1. The Morgan fingerprint density at radius 1 is 1.56 bits per heavy atom. The van der Waals surface area contributed by atoms with Crippen LogP contribution in [0.4, 0.5) is 0 Å². The van der Waals surface area contributed by atoms with Crippen LogP contribution in [0.15, 0.2) is 29.2 Å². The molecule has 1 atom stereocenters. The van der Waals surface area contributed by atoms with E-state index in [-0.39, 0.29) is 11.9 Å². The van der Waals surface area contributed by atoms with E-state index in [1.54, 1.807) is 11.8 Å². The van der Waals surface area contributed by atoms with Crippen molar-refractivity contribution in [3.05, 3.63) is 24.3 Å². The lowest BCUT2D eigenvalue weighted by atomic mass is 10.1. The Labute approximate surface area is 99.4 Å². The number of carbonyl (C=O) groups is 1. The first-order valence-electron chi connectivity index (χ1n) is 5.16. The first kappa shape index (κ1) is 11.1. The summed E-state index contributed by atoms with van der Waals surface area (Å²) >= 11 is 1.66. The van der Waals surface area contributed by atoms with Gasteiger partial charge < -0.3 is 4.74 Å². The summed E-state index contributed by atoms with van der Waals surface area (Å²) in [4.78, 5) is 12.8. The molecular formula is C13H12O2S. The molecule has 0 aliphatic carbocycles. The average Bonchev–Trinajstić information content (AvgIpc) is 2.35. The second-order valence-electron chi connectivity index (χ2n) is 3.53. The minimum absolute atomic E-state index is 0.0972. The highest BCUT2D eigenvalue weighted by Gasteiger charge is 2.25. The van der Waals surface area contributed by atoms with Gasteiger partial charge in [0, 0.05) is 23.5 Å². The summed E-state index contributed by atoms with van der Waals surface area (Å²) in [5, 5.41) is 0. The van der Waals surface area contributed by atoms with Gasteiger partial charge in [-0.2, -0.15) is 0 Å². The smallest absolute Gasteiger partial charge is 0.175 e. The Balaban J connectivity index is 2.03. The first-order valence-corrected chi connectivity index (χ1v) is 6.14. The van der Waals surface area contributed by atoms with Gasteiger partial charge in [-0.15, -0.1) is 24.1 Å². The third-order valence-electron chi connectivity index (χ3n) is 2.38. The SMILES string of the molecule is C#CCCC(=O)C1CSc2ccccc2O1. The molecule has 0 radical (unpaired) electrons. The summed E-state index contributed by atoms with van der Waals surface area (Å²) in [6, 6.07) is 7.77. The molecule has 2 nitrogen and oxygen atoms in total. The summed E-state index contributed by atoms with van der Waals surface area (Å²) in [5.74, 6) is 4.06. The van der Waals surface area contributed by atoms with E-state index in [4.69, 9.17) is 11.2 Å². The highest BCUT2D eigenvalue weighted by atomic mass is 32.2. The van der Waals surface area contributed by atoms with Crippen LogP contribution in [-0.4, -0.2) is 17.6 Å². The molecule has 16 heavy (non-hydrogen) atoms. The number of ether oxygens (including phenoxy) is 1. The molecule has 1 heterocycles. The van der Waals surface area contributed by atoms with E-state index in [9.17, 15) is 4.79 Å². The fourth-order valence-electron chi connectivity index (χ4n) is 1.53. The first-order chi connectivity index (χ1) is 7.81. The second kappa shape index (κ2) is 5.09. The number of thioether (sulfide) groups is 1. The maximum absolute atomic E-state index is 11.7. The molecule has 0 saturated carbocycles. The Morgan fingerprint density at radius 2 is 2.38 bits per heavy atom. The van der Waals surface area contributed by atoms with Crippen LogP contribution < -0.4 is 4.74 Å². The van der Waals surface area contributed by atoms with Gasteiger partial charge in [-0.3, -0.25) is 4.79 Å². The van der Waals surface area contributed by atoms with Crippen molar-refractivity contribution in [2.45, 2.75) is 23.8 Å². The third kappa shape index (κ3) is 2.40. The van der Waals surface area contributed by atoms with Crippen molar-refractivity contribution >= 4 is 17.5 Å². The number of hydrogen-bond donors (Lipinski definition) is 0. The molecule has 1 aromatic carbocycles. The number of para-hydroxylation sites is 1. The maximum atomic E-state index is 11.7. The monoisotopic (exact) mass is 232 g/mol. The largest absolute Gasteiger partial charge is 0.481 e. The van der Waals surface area contributed by atoms with E-state index in [1.165, 1.54) is 0 Å². The van der Waals surface area contributed by atoms with Crippen LogP contribution in [0.1, 0.15) is 12.8 Å². The molecule has 82 valence electrons. The molecule has 1 unspecified atom stereocenters. The number of benzene rings is 1. The number of hydrogen-bond acceptors (Lipinski definition) is 3. The lowest BCUT2D eigenvalue weighted by Crippen LogP contribution is -2.32. The van der Waals surface area contributed by atoms with Gasteiger partial charge >= 0.3 is 0 Å². The van der Waals surface area contributed by atoms with Crippen molar-refractivity contribution in [1.82, 2.24) is 0 Å². The fourth-order valence-corrected chi connectivity index (χ4v) is 2.55. The normalized spacial score (nSPS) is 18.1.